The number of fused-ring (bicyclic) bond motifs is 4. The molecule has 0 saturated heterocycles. The molecule has 0 saturated carbocycles. The number of carbonyl (C=O) groups is 3. The lowest BCUT2D eigenvalue weighted by Gasteiger charge is -2.14. The zero-order valence-electron chi connectivity index (χ0n) is 15.0. The van der Waals surface area contributed by atoms with Gasteiger partial charge in [0.2, 0.25) is 5.91 Å². The summed E-state index contributed by atoms with van der Waals surface area (Å²) in [5.74, 6) is -0.819. The normalized spacial score (nSPS) is 13.5. The van der Waals surface area contributed by atoms with Gasteiger partial charge in [0, 0.05) is 23.7 Å². The first-order chi connectivity index (χ1) is 13.7. The monoisotopic (exact) mass is 368 g/mol. The van der Waals surface area contributed by atoms with Crippen molar-refractivity contribution < 1.29 is 14.4 Å². The van der Waals surface area contributed by atoms with E-state index in [2.05, 4.69) is 0 Å². The van der Waals surface area contributed by atoms with E-state index in [9.17, 15) is 14.4 Å². The van der Waals surface area contributed by atoms with Gasteiger partial charge in [-0.05, 0) is 24.3 Å². The Hall–Kier alpha value is -3.73. The van der Waals surface area contributed by atoms with Gasteiger partial charge in [0.15, 0.2) is 0 Å². The minimum atomic E-state index is -0.337. The summed E-state index contributed by atoms with van der Waals surface area (Å²) in [6, 6.07) is 22.2. The van der Waals surface area contributed by atoms with Crippen molar-refractivity contribution in [3.8, 4) is 0 Å². The van der Waals surface area contributed by atoms with Gasteiger partial charge in [-0.15, -0.1) is 0 Å². The first-order valence-electron chi connectivity index (χ1n) is 9.13. The van der Waals surface area contributed by atoms with E-state index in [1.54, 1.807) is 28.8 Å². The smallest absolute Gasteiger partial charge is 0.261 e. The van der Waals surface area contributed by atoms with E-state index >= 15 is 0 Å². The second-order valence-electron chi connectivity index (χ2n) is 6.82. The lowest BCUT2D eigenvalue weighted by atomic mass is 10.1. The minimum Gasteiger partial charge on any atom is -0.280 e. The molecule has 1 aromatic heterocycles. The molecule has 0 unspecified atom stereocenters. The molecule has 0 N–H and O–H groups in total. The number of hydrogen-bond acceptors (Lipinski definition) is 3. The quantitative estimate of drug-likeness (QED) is 0.511. The maximum atomic E-state index is 13.1. The molecule has 1 aliphatic heterocycles. The summed E-state index contributed by atoms with van der Waals surface area (Å²) in [5.41, 5.74) is 2.46. The van der Waals surface area contributed by atoms with E-state index in [1.807, 2.05) is 48.5 Å². The van der Waals surface area contributed by atoms with Crippen molar-refractivity contribution >= 4 is 39.5 Å². The van der Waals surface area contributed by atoms with Crippen molar-refractivity contribution in [1.29, 1.82) is 0 Å². The van der Waals surface area contributed by atoms with Crippen molar-refractivity contribution in [3.05, 3.63) is 83.9 Å². The molecule has 5 heteroatoms. The summed E-state index contributed by atoms with van der Waals surface area (Å²) in [4.78, 5) is 39.3. The summed E-state index contributed by atoms with van der Waals surface area (Å²) in [6.07, 6.45) is 0.0636. The zero-order valence-corrected chi connectivity index (χ0v) is 15.0. The Bertz CT molecular complexity index is 1200. The van der Waals surface area contributed by atoms with Crippen LogP contribution in [0.1, 0.15) is 31.9 Å². The molecule has 0 fully saturated rings. The number of amides is 2. The van der Waals surface area contributed by atoms with E-state index in [0.29, 0.717) is 11.1 Å². The fraction of sp³-hybridized carbons (Fsp3) is 0.0870. The second kappa shape index (κ2) is 6.16. The van der Waals surface area contributed by atoms with Gasteiger partial charge in [-0.3, -0.25) is 23.9 Å². The number of rotatable bonds is 3. The van der Waals surface area contributed by atoms with Crippen LogP contribution in [-0.4, -0.2) is 33.7 Å². The third-order valence-corrected chi connectivity index (χ3v) is 5.26. The van der Waals surface area contributed by atoms with Gasteiger partial charge in [-0.25, -0.2) is 0 Å². The lowest BCUT2D eigenvalue weighted by molar-refractivity contribution is 0.0646. The number of aromatic nitrogens is 1. The second-order valence-corrected chi connectivity index (χ2v) is 6.82. The number of carbonyl (C=O) groups excluding carboxylic acids is 3. The molecule has 1 aliphatic rings. The van der Waals surface area contributed by atoms with E-state index in [1.165, 1.54) is 0 Å². The van der Waals surface area contributed by atoms with Crippen molar-refractivity contribution in [1.82, 2.24) is 9.47 Å². The third kappa shape index (κ3) is 2.29. The number of nitrogens with zero attached hydrogens (tertiary/aromatic N) is 2. The van der Waals surface area contributed by atoms with Crippen molar-refractivity contribution in [2.45, 2.75) is 6.42 Å². The first-order valence-corrected chi connectivity index (χ1v) is 9.13. The van der Waals surface area contributed by atoms with Crippen LogP contribution in [0.2, 0.25) is 0 Å². The average molecular weight is 368 g/mol. The molecule has 5 nitrogen and oxygen atoms in total. The van der Waals surface area contributed by atoms with Gasteiger partial charge in [-0.2, -0.15) is 0 Å². The van der Waals surface area contributed by atoms with Crippen LogP contribution < -0.4 is 0 Å². The molecule has 28 heavy (non-hydrogen) atoms. The highest BCUT2D eigenvalue weighted by Crippen LogP contribution is 2.29. The van der Waals surface area contributed by atoms with Crippen molar-refractivity contribution in [3.63, 3.8) is 0 Å². The highest BCUT2D eigenvalue weighted by atomic mass is 16.2. The summed E-state index contributed by atoms with van der Waals surface area (Å²) >= 11 is 0. The van der Waals surface area contributed by atoms with Crippen molar-refractivity contribution in [2.75, 3.05) is 6.54 Å². The maximum Gasteiger partial charge on any atom is 0.261 e. The molecule has 0 radical (unpaired) electrons. The van der Waals surface area contributed by atoms with Gasteiger partial charge < -0.3 is 0 Å². The van der Waals surface area contributed by atoms with Crippen LogP contribution >= 0.6 is 0 Å². The van der Waals surface area contributed by atoms with Crippen LogP contribution in [0.25, 0.3) is 21.8 Å². The summed E-state index contributed by atoms with van der Waals surface area (Å²) in [7, 11) is 0. The summed E-state index contributed by atoms with van der Waals surface area (Å²) in [6.45, 7) is 0.0615. The Balaban J connectivity index is 1.47. The van der Waals surface area contributed by atoms with Crippen LogP contribution in [0, 0.1) is 0 Å². The van der Waals surface area contributed by atoms with E-state index in [4.69, 9.17) is 0 Å². The number of imide groups is 1. The Kier molecular flexibility index (Phi) is 3.62. The SMILES string of the molecule is O=C1c2ccccc2C(=O)N1CCC(=O)n1c2ccccc2c2ccccc21. The van der Waals surface area contributed by atoms with Gasteiger partial charge in [0.05, 0.1) is 22.2 Å². The molecular weight excluding hydrogens is 352 g/mol. The molecule has 0 spiro atoms. The number of benzene rings is 3. The molecule has 5 rings (SSSR count). The van der Waals surface area contributed by atoms with Gasteiger partial charge in [0.1, 0.15) is 0 Å². The van der Waals surface area contributed by atoms with Crippen LogP contribution in [0.4, 0.5) is 0 Å². The fourth-order valence-corrected chi connectivity index (χ4v) is 3.95. The zero-order chi connectivity index (χ0) is 19.3. The molecule has 3 aromatic carbocycles. The molecule has 0 atom stereocenters. The summed E-state index contributed by atoms with van der Waals surface area (Å²) in [5, 5.41) is 2.01. The van der Waals surface area contributed by atoms with Crippen molar-refractivity contribution in [2.24, 2.45) is 0 Å². The molecule has 2 heterocycles. The predicted octanol–water partition coefficient (Wildman–Crippen LogP) is 4.12. The minimum absolute atomic E-state index is 0.0615. The lowest BCUT2D eigenvalue weighted by Crippen LogP contribution is -2.32. The largest absolute Gasteiger partial charge is 0.280 e. The Labute approximate surface area is 160 Å². The van der Waals surface area contributed by atoms with E-state index in [0.717, 1.165) is 26.7 Å². The Morgan fingerprint density at radius 2 is 1.14 bits per heavy atom. The maximum absolute atomic E-state index is 13.1. The van der Waals surface area contributed by atoms with Crippen LogP contribution in [0.15, 0.2) is 72.8 Å². The Morgan fingerprint density at radius 3 is 1.68 bits per heavy atom. The first kappa shape index (κ1) is 16.4. The summed E-state index contributed by atoms with van der Waals surface area (Å²) < 4.78 is 1.68. The van der Waals surface area contributed by atoms with Crippen LogP contribution in [0.3, 0.4) is 0 Å². The van der Waals surface area contributed by atoms with Crippen LogP contribution in [0.5, 0.6) is 0 Å². The highest BCUT2D eigenvalue weighted by molar-refractivity contribution is 6.21. The predicted molar refractivity (Wildman–Crippen MR) is 106 cm³/mol. The van der Waals surface area contributed by atoms with Gasteiger partial charge in [-0.1, -0.05) is 48.5 Å². The third-order valence-electron chi connectivity index (χ3n) is 5.26. The van der Waals surface area contributed by atoms with E-state index in [-0.39, 0.29) is 30.7 Å². The molecule has 0 bridgehead atoms. The fourth-order valence-electron chi connectivity index (χ4n) is 3.95. The molecule has 4 aromatic rings. The van der Waals surface area contributed by atoms with Gasteiger partial charge >= 0.3 is 0 Å². The average Bonchev–Trinajstić information content (AvgIpc) is 3.19. The number of para-hydroxylation sites is 2. The Morgan fingerprint density at radius 1 is 0.679 bits per heavy atom. The van der Waals surface area contributed by atoms with Crippen LogP contribution in [-0.2, 0) is 0 Å². The molecular formula is C23H16N2O3. The molecule has 136 valence electrons. The van der Waals surface area contributed by atoms with E-state index < -0.39 is 0 Å². The number of hydrogen-bond donors (Lipinski definition) is 0. The topological polar surface area (TPSA) is 59.4 Å². The molecule has 2 amide bonds. The molecule has 0 aliphatic carbocycles. The van der Waals surface area contributed by atoms with Gasteiger partial charge in [0.25, 0.3) is 11.8 Å². The standard InChI is InChI=1S/C23H16N2O3/c26-21(13-14-24-22(27)17-9-1-2-10-18(17)23(24)28)25-19-11-5-3-7-15(19)16-8-4-6-12-20(16)25/h1-12H,13-14H2. The highest BCUT2D eigenvalue weighted by Gasteiger charge is 2.35.